The highest BCUT2D eigenvalue weighted by Crippen LogP contribution is 2.34. The van der Waals surface area contributed by atoms with E-state index >= 15 is 0 Å². The predicted molar refractivity (Wildman–Crippen MR) is 69.5 cm³/mol. The van der Waals surface area contributed by atoms with Crippen molar-refractivity contribution in [2.45, 2.75) is 70.4 Å². The molecule has 0 heterocycles. The molecule has 5 heteroatoms. The smallest absolute Gasteiger partial charge is 0.315 e. The number of carbonyl (C=O) groups excluding carboxylic acids is 1. The molecule has 1 aliphatic rings. The Balaban J connectivity index is 2.44. The summed E-state index contributed by atoms with van der Waals surface area (Å²) in [6, 6.07) is -0.0480. The lowest BCUT2D eigenvalue weighted by molar-refractivity contribution is -0.139. The third-order valence-corrected chi connectivity index (χ3v) is 3.64. The van der Waals surface area contributed by atoms with Gasteiger partial charge < -0.3 is 15.7 Å². The van der Waals surface area contributed by atoms with Crippen LogP contribution in [0.4, 0.5) is 4.79 Å². The van der Waals surface area contributed by atoms with Crippen LogP contribution in [0.1, 0.15) is 58.8 Å². The van der Waals surface area contributed by atoms with Crippen molar-refractivity contribution >= 4 is 12.0 Å². The largest absolute Gasteiger partial charge is 0.481 e. The Hall–Kier alpha value is -1.26. The molecule has 2 amide bonds. The van der Waals surface area contributed by atoms with Crippen LogP contribution in [-0.2, 0) is 4.79 Å². The Kier molecular flexibility index (Phi) is 5.44. The maximum atomic E-state index is 11.9. The zero-order valence-corrected chi connectivity index (χ0v) is 11.3. The first-order valence-electron chi connectivity index (χ1n) is 6.82. The quantitative estimate of drug-likeness (QED) is 0.653. The van der Waals surface area contributed by atoms with Crippen LogP contribution in [0.15, 0.2) is 0 Å². The molecule has 0 aliphatic heterocycles. The molecule has 0 aromatic rings. The van der Waals surface area contributed by atoms with Crippen molar-refractivity contribution in [3.05, 3.63) is 0 Å². The number of carboxylic acid groups (broad SMARTS) is 1. The van der Waals surface area contributed by atoms with E-state index in [1.54, 1.807) is 0 Å². The van der Waals surface area contributed by atoms with E-state index in [1.165, 1.54) is 0 Å². The SMILES string of the molecule is CCCC(CC)NC(=O)NC1(CC(=O)O)CCC1. The lowest BCUT2D eigenvalue weighted by Gasteiger charge is -2.41. The van der Waals surface area contributed by atoms with Gasteiger partial charge in [-0.05, 0) is 32.1 Å². The summed E-state index contributed by atoms with van der Waals surface area (Å²) in [5.41, 5.74) is -0.513. The van der Waals surface area contributed by atoms with Gasteiger partial charge in [-0.2, -0.15) is 0 Å². The second-order valence-electron chi connectivity index (χ2n) is 5.20. The van der Waals surface area contributed by atoms with Crippen LogP contribution in [0.25, 0.3) is 0 Å². The van der Waals surface area contributed by atoms with Crippen molar-refractivity contribution in [1.29, 1.82) is 0 Å². The van der Waals surface area contributed by atoms with Gasteiger partial charge in [-0.15, -0.1) is 0 Å². The van der Waals surface area contributed by atoms with Gasteiger partial charge in [0.25, 0.3) is 0 Å². The van der Waals surface area contributed by atoms with Crippen LogP contribution in [0, 0.1) is 0 Å². The van der Waals surface area contributed by atoms with Crippen molar-refractivity contribution in [2.75, 3.05) is 0 Å². The molecular formula is C13H24N2O3. The average Bonchev–Trinajstić information content (AvgIpc) is 2.24. The molecule has 18 heavy (non-hydrogen) atoms. The van der Waals surface area contributed by atoms with Crippen LogP contribution >= 0.6 is 0 Å². The van der Waals surface area contributed by atoms with Gasteiger partial charge in [-0.1, -0.05) is 20.3 Å². The molecule has 0 aromatic carbocycles. The van der Waals surface area contributed by atoms with Gasteiger partial charge >= 0.3 is 12.0 Å². The molecule has 5 nitrogen and oxygen atoms in total. The standard InChI is InChI=1S/C13H24N2O3/c1-3-6-10(4-2)14-12(18)15-13(7-5-8-13)9-11(16)17/h10H,3-9H2,1-2H3,(H,16,17)(H2,14,15,18). The molecule has 0 aromatic heterocycles. The second kappa shape index (κ2) is 6.61. The number of amides is 2. The van der Waals surface area contributed by atoms with E-state index in [0.29, 0.717) is 0 Å². The number of aliphatic carboxylic acids is 1. The van der Waals surface area contributed by atoms with E-state index in [-0.39, 0.29) is 18.5 Å². The first-order chi connectivity index (χ1) is 8.51. The van der Waals surface area contributed by atoms with Crippen LogP contribution in [0.2, 0.25) is 0 Å². The molecule has 1 unspecified atom stereocenters. The zero-order chi connectivity index (χ0) is 13.6. The third-order valence-electron chi connectivity index (χ3n) is 3.64. The van der Waals surface area contributed by atoms with Gasteiger partial charge in [0.1, 0.15) is 0 Å². The number of hydrogen-bond donors (Lipinski definition) is 3. The van der Waals surface area contributed by atoms with Crippen LogP contribution in [-0.4, -0.2) is 28.7 Å². The van der Waals surface area contributed by atoms with E-state index < -0.39 is 11.5 Å². The lowest BCUT2D eigenvalue weighted by Crippen LogP contribution is -2.58. The third kappa shape index (κ3) is 4.20. The van der Waals surface area contributed by atoms with Gasteiger partial charge in [-0.3, -0.25) is 4.79 Å². The van der Waals surface area contributed by atoms with Crippen molar-refractivity contribution in [2.24, 2.45) is 0 Å². The fraction of sp³-hybridized carbons (Fsp3) is 0.846. The monoisotopic (exact) mass is 256 g/mol. The Morgan fingerprint density at radius 2 is 2.00 bits per heavy atom. The Bertz CT molecular complexity index is 301. The molecule has 3 N–H and O–H groups in total. The van der Waals surface area contributed by atoms with Crippen molar-refractivity contribution in [3.8, 4) is 0 Å². The topological polar surface area (TPSA) is 78.4 Å². The summed E-state index contributed by atoms with van der Waals surface area (Å²) in [5.74, 6) is -0.851. The van der Waals surface area contributed by atoms with Gasteiger partial charge in [0.05, 0.1) is 12.0 Å². The minimum Gasteiger partial charge on any atom is -0.481 e. The molecule has 1 aliphatic carbocycles. The molecule has 0 bridgehead atoms. The summed E-state index contributed by atoms with van der Waals surface area (Å²) in [7, 11) is 0. The van der Waals surface area contributed by atoms with Crippen LogP contribution < -0.4 is 10.6 Å². The molecule has 104 valence electrons. The van der Waals surface area contributed by atoms with E-state index in [2.05, 4.69) is 17.6 Å². The highest BCUT2D eigenvalue weighted by Gasteiger charge is 2.40. The van der Waals surface area contributed by atoms with Gasteiger partial charge in [0.15, 0.2) is 0 Å². The first kappa shape index (κ1) is 14.8. The number of carbonyl (C=O) groups is 2. The molecule has 0 saturated heterocycles. The highest BCUT2D eigenvalue weighted by atomic mass is 16.4. The molecule has 1 rings (SSSR count). The highest BCUT2D eigenvalue weighted by molar-refractivity contribution is 5.77. The van der Waals surface area contributed by atoms with E-state index in [4.69, 9.17) is 5.11 Å². The molecule has 1 fully saturated rings. The fourth-order valence-corrected chi connectivity index (χ4v) is 2.43. The van der Waals surface area contributed by atoms with Gasteiger partial charge in [0, 0.05) is 6.04 Å². The predicted octanol–water partition coefficient (Wildman–Crippen LogP) is 2.26. The molecule has 0 radical (unpaired) electrons. The number of nitrogens with one attached hydrogen (secondary N) is 2. The number of urea groups is 1. The zero-order valence-electron chi connectivity index (χ0n) is 11.3. The number of hydrogen-bond acceptors (Lipinski definition) is 2. The Labute approximate surface area is 108 Å². The summed E-state index contributed by atoms with van der Waals surface area (Å²) in [5, 5.41) is 14.6. The van der Waals surface area contributed by atoms with Gasteiger partial charge in [-0.25, -0.2) is 4.79 Å². The normalized spacial score (nSPS) is 18.6. The fourth-order valence-electron chi connectivity index (χ4n) is 2.43. The molecule has 0 spiro atoms. The van der Waals surface area contributed by atoms with E-state index in [9.17, 15) is 9.59 Å². The maximum Gasteiger partial charge on any atom is 0.315 e. The van der Waals surface area contributed by atoms with E-state index in [1.807, 2.05) is 6.92 Å². The van der Waals surface area contributed by atoms with Crippen molar-refractivity contribution < 1.29 is 14.7 Å². The maximum absolute atomic E-state index is 11.9. The van der Waals surface area contributed by atoms with Crippen LogP contribution in [0.5, 0.6) is 0 Å². The minimum absolute atomic E-state index is 0.0188. The van der Waals surface area contributed by atoms with Crippen molar-refractivity contribution in [1.82, 2.24) is 10.6 Å². The average molecular weight is 256 g/mol. The Morgan fingerprint density at radius 1 is 1.33 bits per heavy atom. The summed E-state index contributed by atoms with van der Waals surface area (Å²) < 4.78 is 0. The molecular weight excluding hydrogens is 232 g/mol. The lowest BCUT2D eigenvalue weighted by atomic mass is 9.74. The molecule has 1 atom stereocenters. The number of carboxylic acids is 1. The second-order valence-corrected chi connectivity index (χ2v) is 5.20. The Morgan fingerprint density at radius 3 is 2.39 bits per heavy atom. The minimum atomic E-state index is -0.851. The summed E-state index contributed by atoms with van der Waals surface area (Å²) >= 11 is 0. The number of rotatable bonds is 7. The van der Waals surface area contributed by atoms with E-state index in [0.717, 1.165) is 38.5 Å². The first-order valence-corrected chi connectivity index (χ1v) is 6.82. The van der Waals surface area contributed by atoms with Crippen molar-refractivity contribution in [3.63, 3.8) is 0 Å². The summed E-state index contributed by atoms with van der Waals surface area (Å²) in [4.78, 5) is 22.7. The summed E-state index contributed by atoms with van der Waals surface area (Å²) in [6.07, 6.45) is 5.40. The van der Waals surface area contributed by atoms with Crippen LogP contribution in [0.3, 0.4) is 0 Å². The molecule has 1 saturated carbocycles. The summed E-state index contributed by atoms with van der Waals surface area (Å²) in [6.45, 7) is 4.12. The van der Waals surface area contributed by atoms with Gasteiger partial charge in [0.2, 0.25) is 0 Å².